The lowest BCUT2D eigenvalue weighted by Crippen LogP contribution is -2.15. The summed E-state index contributed by atoms with van der Waals surface area (Å²) >= 11 is 5.56. The molecule has 3 heteroatoms. The molecule has 0 N–H and O–H groups in total. The quantitative estimate of drug-likeness (QED) is 0.204. The van der Waals surface area contributed by atoms with Gasteiger partial charge in [0, 0.05) is 0 Å². The van der Waals surface area contributed by atoms with E-state index >= 15 is 0 Å². The van der Waals surface area contributed by atoms with Gasteiger partial charge in [0.2, 0.25) is 0 Å². The lowest BCUT2D eigenvalue weighted by molar-refractivity contribution is 0.750. The van der Waals surface area contributed by atoms with E-state index in [-0.39, 0.29) is 0 Å². The van der Waals surface area contributed by atoms with Crippen molar-refractivity contribution < 1.29 is 0 Å². The first-order valence-corrected chi connectivity index (χ1v) is 14.1. The maximum absolute atomic E-state index is 2.78. The van der Waals surface area contributed by atoms with Crippen LogP contribution < -0.4 is 0 Å². The molecule has 0 aliphatic carbocycles. The third kappa shape index (κ3) is 9.97. The second-order valence-electron chi connectivity index (χ2n) is 3.77. The van der Waals surface area contributed by atoms with E-state index in [1.807, 2.05) is 0 Å². The zero-order valence-electron chi connectivity index (χ0n) is 8.91. The second-order valence-corrected chi connectivity index (χ2v) is 25.1. The van der Waals surface area contributed by atoms with Gasteiger partial charge in [0.15, 0.2) is 3.07 Å². The summed E-state index contributed by atoms with van der Waals surface area (Å²) in [4.78, 5) is 0. The molecule has 0 aromatic heterocycles. The molecule has 0 heterocycles. The Balaban J connectivity index is 3.42. The van der Waals surface area contributed by atoms with Gasteiger partial charge in [-0.2, -0.15) is 0 Å². The number of hydrogen-bond donors (Lipinski definition) is 0. The fourth-order valence-electron chi connectivity index (χ4n) is 1.39. The molecule has 0 aliphatic rings. The van der Waals surface area contributed by atoms with Crippen LogP contribution in [0.5, 0.6) is 0 Å². The molecular formula is C10H22I2Si. The molecule has 80 valence electrons. The molecule has 0 saturated heterocycles. The SMILES string of the molecule is CCCCC[Si](I)(I)CCCCC. The summed E-state index contributed by atoms with van der Waals surface area (Å²) in [5.74, 6) is 0. The molecule has 0 atom stereocenters. The molecule has 0 aromatic rings. The highest BCUT2D eigenvalue weighted by Gasteiger charge is 2.24. The molecule has 0 nitrogen and oxygen atoms in total. The third-order valence-corrected chi connectivity index (χ3v) is 10.9. The Hall–Kier alpha value is 1.68. The molecule has 0 radical (unpaired) electrons. The van der Waals surface area contributed by atoms with Crippen molar-refractivity contribution in [3.63, 3.8) is 0 Å². The van der Waals surface area contributed by atoms with Crippen LogP contribution in [0, 0.1) is 0 Å². The van der Waals surface area contributed by atoms with Gasteiger partial charge in [-0.3, -0.25) is 0 Å². The number of hydrogen-bond acceptors (Lipinski definition) is 0. The van der Waals surface area contributed by atoms with Gasteiger partial charge in [0.25, 0.3) is 0 Å². The Morgan fingerprint density at radius 2 is 1.15 bits per heavy atom. The molecule has 0 unspecified atom stereocenters. The highest BCUT2D eigenvalue weighted by molar-refractivity contribution is 14.3. The molecular weight excluding hydrogens is 402 g/mol. The largest absolute Gasteiger partial charge is 0.192 e. The van der Waals surface area contributed by atoms with Crippen molar-refractivity contribution in [1.29, 1.82) is 0 Å². The van der Waals surface area contributed by atoms with Crippen molar-refractivity contribution in [2.75, 3.05) is 0 Å². The topological polar surface area (TPSA) is 0 Å². The predicted octanol–water partition coefficient (Wildman–Crippen LogP) is 5.68. The van der Waals surface area contributed by atoms with Crippen LogP contribution in [0.4, 0.5) is 0 Å². The van der Waals surface area contributed by atoms with Crippen molar-refractivity contribution in [3.05, 3.63) is 0 Å². The summed E-state index contributed by atoms with van der Waals surface area (Å²) < 4.78 is -0.838. The Labute approximate surface area is 110 Å². The van der Waals surface area contributed by atoms with Gasteiger partial charge in [0.1, 0.15) is 0 Å². The Morgan fingerprint density at radius 3 is 1.46 bits per heavy atom. The lowest BCUT2D eigenvalue weighted by Gasteiger charge is -2.17. The van der Waals surface area contributed by atoms with Crippen molar-refractivity contribution >= 4 is 46.7 Å². The lowest BCUT2D eigenvalue weighted by atomic mass is 10.3. The van der Waals surface area contributed by atoms with E-state index in [1.54, 1.807) is 0 Å². The molecule has 0 aromatic carbocycles. The van der Waals surface area contributed by atoms with Crippen LogP contribution in [0.15, 0.2) is 0 Å². The zero-order chi connectivity index (χ0) is 10.2. The number of halogens is 2. The summed E-state index contributed by atoms with van der Waals surface area (Å²) in [5.41, 5.74) is 0. The minimum absolute atomic E-state index is 0.838. The highest BCUT2D eigenvalue weighted by atomic mass is 127. The first kappa shape index (κ1) is 14.7. The molecule has 0 rings (SSSR count). The van der Waals surface area contributed by atoms with Crippen molar-refractivity contribution in [2.45, 2.75) is 64.5 Å². The van der Waals surface area contributed by atoms with E-state index in [9.17, 15) is 0 Å². The summed E-state index contributed by atoms with van der Waals surface area (Å²) in [6, 6.07) is 3.07. The molecule has 0 spiro atoms. The Morgan fingerprint density at radius 1 is 0.769 bits per heavy atom. The molecule has 13 heavy (non-hydrogen) atoms. The normalized spacial score (nSPS) is 12.0. The zero-order valence-corrected chi connectivity index (χ0v) is 14.2. The van der Waals surface area contributed by atoms with Gasteiger partial charge in [-0.25, -0.2) is 0 Å². The fraction of sp³-hybridized carbons (Fsp3) is 1.00. The van der Waals surface area contributed by atoms with E-state index in [2.05, 4.69) is 57.4 Å². The maximum atomic E-state index is 2.78. The van der Waals surface area contributed by atoms with Crippen LogP contribution in [-0.4, -0.2) is 3.07 Å². The monoisotopic (exact) mass is 424 g/mol. The van der Waals surface area contributed by atoms with E-state index in [0.717, 1.165) is 0 Å². The smallest absolute Gasteiger partial charge is 0.105 e. The standard InChI is InChI=1S/C10H22I2Si/c1-3-5-7-9-13(11,12)10-8-6-4-2/h3-10H2,1-2H3. The van der Waals surface area contributed by atoms with E-state index in [0.29, 0.717) is 0 Å². The Kier molecular flexibility index (Phi) is 10.1. The van der Waals surface area contributed by atoms with Crippen LogP contribution >= 0.6 is 43.6 Å². The second kappa shape index (κ2) is 8.94. The molecule has 0 amide bonds. The first-order chi connectivity index (χ1) is 6.12. The maximum Gasteiger partial charge on any atom is 0.192 e. The molecule has 0 aliphatic heterocycles. The summed E-state index contributed by atoms with van der Waals surface area (Å²) in [5, 5.41) is 0. The van der Waals surface area contributed by atoms with Crippen molar-refractivity contribution in [3.8, 4) is 0 Å². The predicted molar refractivity (Wildman–Crippen MR) is 82.5 cm³/mol. The third-order valence-electron chi connectivity index (χ3n) is 2.29. The van der Waals surface area contributed by atoms with Crippen LogP contribution in [0.3, 0.4) is 0 Å². The van der Waals surface area contributed by atoms with E-state index < -0.39 is 3.07 Å². The Bertz CT molecular complexity index is 103. The van der Waals surface area contributed by atoms with E-state index in [4.69, 9.17) is 0 Å². The first-order valence-electron chi connectivity index (χ1n) is 5.50. The van der Waals surface area contributed by atoms with Gasteiger partial charge in [-0.05, 0) is 12.1 Å². The molecule has 0 fully saturated rings. The summed E-state index contributed by atoms with van der Waals surface area (Å²) in [6.07, 6.45) is 8.56. The van der Waals surface area contributed by atoms with Gasteiger partial charge >= 0.3 is 0 Å². The average Bonchev–Trinajstić information content (AvgIpc) is 2.05. The van der Waals surface area contributed by atoms with Gasteiger partial charge in [0.05, 0.1) is 0 Å². The van der Waals surface area contributed by atoms with Gasteiger partial charge < -0.3 is 0 Å². The van der Waals surface area contributed by atoms with Crippen LogP contribution in [0.2, 0.25) is 12.1 Å². The highest BCUT2D eigenvalue weighted by Crippen LogP contribution is 2.34. The summed E-state index contributed by atoms with van der Waals surface area (Å²) in [7, 11) is 0. The van der Waals surface area contributed by atoms with Crippen molar-refractivity contribution in [1.82, 2.24) is 0 Å². The van der Waals surface area contributed by atoms with E-state index in [1.165, 1.54) is 50.6 Å². The minimum Gasteiger partial charge on any atom is -0.105 e. The molecule has 0 saturated carbocycles. The summed E-state index contributed by atoms with van der Waals surface area (Å²) in [6.45, 7) is 4.58. The van der Waals surface area contributed by atoms with Crippen LogP contribution in [0.1, 0.15) is 52.4 Å². The van der Waals surface area contributed by atoms with Crippen LogP contribution in [0.25, 0.3) is 0 Å². The fourth-order valence-corrected chi connectivity index (χ4v) is 7.75. The number of rotatable bonds is 8. The van der Waals surface area contributed by atoms with Gasteiger partial charge in [-0.1, -0.05) is 52.4 Å². The minimum atomic E-state index is -0.838. The molecule has 0 bridgehead atoms. The van der Waals surface area contributed by atoms with Crippen molar-refractivity contribution in [2.24, 2.45) is 0 Å². The van der Waals surface area contributed by atoms with Crippen LogP contribution in [-0.2, 0) is 0 Å². The number of unbranched alkanes of at least 4 members (excludes halogenated alkanes) is 4. The average molecular weight is 424 g/mol. The van der Waals surface area contributed by atoms with Gasteiger partial charge in [-0.15, -0.1) is 43.6 Å².